The van der Waals surface area contributed by atoms with Gasteiger partial charge < -0.3 is 4.84 Å². The molecule has 0 radical (unpaired) electrons. The van der Waals surface area contributed by atoms with Crippen LogP contribution in [0.3, 0.4) is 0 Å². The van der Waals surface area contributed by atoms with Crippen LogP contribution in [0, 0.1) is 10.1 Å². The highest BCUT2D eigenvalue weighted by Crippen LogP contribution is 2.15. The molecule has 23 heavy (non-hydrogen) atoms. The van der Waals surface area contributed by atoms with Gasteiger partial charge in [0.2, 0.25) is 0 Å². The van der Waals surface area contributed by atoms with E-state index in [2.05, 4.69) is 5.16 Å². The molecule has 5 heteroatoms. The summed E-state index contributed by atoms with van der Waals surface area (Å²) in [6, 6.07) is 16.1. The zero-order valence-electron chi connectivity index (χ0n) is 13.0. The molecule has 0 aliphatic carbocycles. The normalized spacial score (nSPS) is 11.9. The second-order valence-electron chi connectivity index (χ2n) is 5.53. The number of oxime groups is 1. The summed E-state index contributed by atoms with van der Waals surface area (Å²) in [5, 5.41) is 14.7. The maximum absolute atomic E-state index is 10.7. The van der Waals surface area contributed by atoms with Crippen LogP contribution in [-0.2, 0) is 4.84 Å². The summed E-state index contributed by atoms with van der Waals surface area (Å²) in [5.41, 5.74) is 1.12. The Morgan fingerprint density at radius 3 is 2.48 bits per heavy atom. The molecule has 0 heterocycles. The largest absolute Gasteiger partial charge is 0.386 e. The Labute approximate surface area is 135 Å². The first-order valence-corrected chi connectivity index (χ1v) is 7.17. The molecular formula is C18H18N2O3. The van der Waals surface area contributed by atoms with Crippen molar-refractivity contribution in [1.82, 2.24) is 0 Å². The first-order valence-electron chi connectivity index (χ1n) is 7.17. The predicted molar refractivity (Wildman–Crippen MR) is 91.3 cm³/mol. The van der Waals surface area contributed by atoms with Gasteiger partial charge in [-0.05, 0) is 25.5 Å². The number of hydrogen-bond acceptors (Lipinski definition) is 4. The van der Waals surface area contributed by atoms with E-state index in [0.717, 1.165) is 5.56 Å². The fourth-order valence-corrected chi connectivity index (χ4v) is 1.83. The molecule has 0 amide bonds. The maximum Gasteiger partial charge on any atom is 0.270 e. The number of hydrogen-bond donors (Lipinski definition) is 0. The third-order valence-corrected chi connectivity index (χ3v) is 3.05. The van der Waals surface area contributed by atoms with Crippen molar-refractivity contribution in [3.05, 3.63) is 81.9 Å². The third kappa shape index (κ3) is 5.39. The summed E-state index contributed by atoms with van der Waals surface area (Å²) in [4.78, 5) is 15.8. The van der Waals surface area contributed by atoms with Crippen molar-refractivity contribution in [2.24, 2.45) is 5.16 Å². The summed E-state index contributed by atoms with van der Waals surface area (Å²) in [6.07, 6.45) is 5.33. The number of non-ortho nitro benzene ring substituents is 1. The van der Waals surface area contributed by atoms with Crippen LogP contribution >= 0.6 is 0 Å². The molecule has 0 saturated carbocycles. The number of rotatable bonds is 6. The second-order valence-corrected chi connectivity index (χ2v) is 5.53. The van der Waals surface area contributed by atoms with Crippen LogP contribution in [0.1, 0.15) is 25.0 Å². The van der Waals surface area contributed by atoms with Crippen LogP contribution in [0.2, 0.25) is 0 Å². The fraction of sp³-hybridized carbons (Fsp3) is 0.167. The molecule has 5 nitrogen and oxygen atoms in total. The molecule has 0 fully saturated rings. The first kappa shape index (κ1) is 16.4. The Bertz CT molecular complexity index is 722. The predicted octanol–water partition coefficient (Wildman–Crippen LogP) is 4.44. The zero-order chi connectivity index (χ0) is 16.7. The quantitative estimate of drug-likeness (QED) is 0.450. The van der Waals surface area contributed by atoms with E-state index in [1.165, 1.54) is 18.3 Å². The van der Waals surface area contributed by atoms with Gasteiger partial charge >= 0.3 is 0 Å². The number of nitrogens with zero attached hydrogens (tertiary/aromatic N) is 2. The smallest absolute Gasteiger partial charge is 0.270 e. The Kier molecular flexibility index (Phi) is 5.25. The summed E-state index contributed by atoms with van der Waals surface area (Å²) < 4.78 is 0. The van der Waals surface area contributed by atoms with E-state index in [4.69, 9.17) is 4.84 Å². The third-order valence-electron chi connectivity index (χ3n) is 3.05. The number of nitro groups is 1. The van der Waals surface area contributed by atoms with E-state index in [1.54, 1.807) is 12.1 Å². The molecule has 2 aromatic carbocycles. The SMILES string of the molecule is CC(C)(/C=C/c1ccccc1)O/N=C/c1cccc([N+](=O)[O-])c1. The molecule has 118 valence electrons. The van der Waals surface area contributed by atoms with Crippen LogP contribution in [0.5, 0.6) is 0 Å². The lowest BCUT2D eigenvalue weighted by molar-refractivity contribution is -0.384. The summed E-state index contributed by atoms with van der Waals surface area (Å²) in [5.74, 6) is 0. The Balaban J connectivity index is 1.99. The minimum Gasteiger partial charge on any atom is -0.386 e. The highest BCUT2D eigenvalue weighted by atomic mass is 16.6. The van der Waals surface area contributed by atoms with E-state index < -0.39 is 10.5 Å². The minimum atomic E-state index is -0.590. The van der Waals surface area contributed by atoms with Gasteiger partial charge in [-0.15, -0.1) is 0 Å². The van der Waals surface area contributed by atoms with Crippen molar-refractivity contribution < 1.29 is 9.76 Å². The maximum atomic E-state index is 10.7. The van der Waals surface area contributed by atoms with Crippen molar-refractivity contribution in [2.45, 2.75) is 19.4 Å². The lowest BCUT2D eigenvalue weighted by Gasteiger charge is -2.17. The molecule has 0 bridgehead atoms. The molecule has 0 unspecified atom stereocenters. The van der Waals surface area contributed by atoms with Crippen LogP contribution in [0.4, 0.5) is 5.69 Å². The van der Waals surface area contributed by atoms with E-state index in [9.17, 15) is 10.1 Å². The average Bonchev–Trinajstić information content (AvgIpc) is 2.54. The zero-order valence-corrected chi connectivity index (χ0v) is 13.0. The van der Waals surface area contributed by atoms with Crippen molar-refractivity contribution in [3.8, 4) is 0 Å². The lowest BCUT2D eigenvalue weighted by Crippen LogP contribution is -2.18. The first-order chi connectivity index (χ1) is 11.0. The van der Waals surface area contributed by atoms with E-state index in [1.807, 2.05) is 56.3 Å². The van der Waals surface area contributed by atoms with Gasteiger partial charge in [-0.1, -0.05) is 53.7 Å². The van der Waals surface area contributed by atoms with Gasteiger partial charge in [0.15, 0.2) is 5.60 Å². The minimum absolute atomic E-state index is 0.0252. The molecular weight excluding hydrogens is 292 g/mol. The number of nitro benzene ring substituents is 1. The fourth-order valence-electron chi connectivity index (χ4n) is 1.83. The number of benzene rings is 2. The van der Waals surface area contributed by atoms with Crippen molar-refractivity contribution in [1.29, 1.82) is 0 Å². The Morgan fingerprint density at radius 2 is 1.78 bits per heavy atom. The topological polar surface area (TPSA) is 64.7 Å². The molecule has 0 saturated heterocycles. The molecule has 2 aromatic rings. The summed E-state index contributed by atoms with van der Waals surface area (Å²) in [6.45, 7) is 3.77. The molecule has 0 aliphatic rings. The van der Waals surface area contributed by atoms with Crippen LogP contribution in [0.25, 0.3) is 6.08 Å². The second kappa shape index (κ2) is 7.35. The lowest BCUT2D eigenvalue weighted by atomic mass is 10.1. The highest BCUT2D eigenvalue weighted by molar-refractivity contribution is 5.80. The molecule has 0 N–H and O–H groups in total. The van der Waals surface area contributed by atoms with Crippen molar-refractivity contribution in [3.63, 3.8) is 0 Å². The van der Waals surface area contributed by atoms with Crippen molar-refractivity contribution >= 4 is 18.0 Å². The molecule has 0 atom stereocenters. The van der Waals surface area contributed by atoms with Gasteiger partial charge in [-0.25, -0.2) is 0 Å². The van der Waals surface area contributed by atoms with Crippen molar-refractivity contribution in [2.75, 3.05) is 0 Å². The molecule has 2 rings (SSSR count). The van der Waals surface area contributed by atoms with Gasteiger partial charge in [0.1, 0.15) is 0 Å². The van der Waals surface area contributed by atoms with E-state index in [-0.39, 0.29) is 5.69 Å². The average molecular weight is 310 g/mol. The van der Waals surface area contributed by atoms with Gasteiger partial charge in [0.05, 0.1) is 11.1 Å². The van der Waals surface area contributed by atoms with Gasteiger partial charge in [0, 0.05) is 17.7 Å². The van der Waals surface area contributed by atoms with Gasteiger partial charge in [0.25, 0.3) is 5.69 Å². The molecule has 0 spiro atoms. The van der Waals surface area contributed by atoms with Crippen LogP contribution in [-0.4, -0.2) is 16.7 Å². The molecule has 0 aliphatic heterocycles. The van der Waals surface area contributed by atoms with E-state index >= 15 is 0 Å². The van der Waals surface area contributed by atoms with Gasteiger partial charge in [-0.3, -0.25) is 10.1 Å². The monoisotopic (exact) mass is 310 g/mol. The summed E-state index contributed by atoms with van der Waals surface area (Å²) >= 11 is 0. The van der Waals surface area contributed by atoms with E-state index in [0.29, 0.717) is 5.56 Å². The van der Waals surface area contributed by atoms with Gasteiger partial charge in [-0.2, -0.15) is 0 Å². The Morgan fingerprint density at radius 1 is 1.09 bits per heavy atom. The highest BCUT2D eigenvalue weighted by Gasteiger charge is 2.14. The van der Waals surface area contributed by atoms with Crippen LogP contribution < -0.4 is 0 Å². The summed E-state index contributed by atoms with van der Waals surface area (Å²) in [7, 11) is 0. The van der Waals surface area contributed by atoms with Crippen LogP contribution in [0.15, 0.2) is 65.8 Å². The standard InChI is InChI=1S/C18H18N2O3/c1-18(2,12-11-15-7-4-3-5-8-15)23-19-14-16-9-6-10-17(13-16)20(21)22/h3-14H,1-2H3/b12-11+,19-14+. The molecule has 0 aromatic heterocycles. The Hall–Kier alpha value is -2.95.